The maximum absolute atomic E-state index is 12.2. The van der Waals surface area contributed by atoms with Crippen LogP contribution in [0.25, 0.3) is 0 Å². The van der Waals surface area contributed by atoms with Gasteiger partial charge >= 0.3 is 0 Å². The summed E-state index contributed by atoms with van der Waals surface area (Å²) in [6.07, 6.45) is -0.200. The topological polar surface area (TPSA) is 74.3 Å². The summed E-state index contributed by atoms with van der Waals surface area (Å²) in [6.45, 7) is 6.09. The highest BCUT2D eigenvalue weighted by atomic mass is 16.8. The molecule has 5 atom stereocenters. The largest absolute Gasteiger partial charge is 0.347 e. The molecule has 4 heterocycles. The first-order valence-corrected chi connectivity index (χ1v) is 7.87. The zero-order valence-corrected chi connectivity index (χ0v) is 13.0. The quantitative estimate of drug-likeness (QED) is 0.694. The van der Waals surface area contributed by atoms with E-state index in [0.29, 0.717) is 6.61 Å². The molecule has 4 fully saturated rings. The van der Waals surface area contributed by atoms with Crippen LogP contribution in [0.15, 0.2) is 0 Å². The lowest BCUT2D eigenvalue weighted by molar-refractivity contribution is -0.215. The molecule has 4 rings (SSSR count). The first kappa shape index (κ1) is 14.6. The van der Waals surface area contributed by atoms with Crippen LogP contribution in [0.2, 0.25) is 0 Å². The Balaban J connectivity index is 1.74. The lowest BCUT2D eigenvalue weighted by Gasteiger charge is -2.44. The Kier molecular flexibility index (Phi) is 2.98. The zero-order chi connectivity index (χ0) is 15.7. The Bertz CT molecular complexity index is 518. The van der Waals surface area contributed by atoms with Crippen LogP contribution in [0, 0.1) is 0 Å². The standard InChI is InChI=1S/C15H21NO6/c1-4-15-7-19-13(22-15)10(16-8(17)5-6-9(16)18)11-12(15)21-14(2,3)20-11/h10-13H,4-7H2,1-3H3/t10-,11-,12-,13?,15+/m1/s1. The molecule has 0 aromatic carbocycles. The molecule has 2 bridgehead atoms. The molecule has 4 aliphatic rings. The van der Waals surface area contributed by atoms with Gasteiger partial charge in [0.25, 0.3) is 0 Å². The van der Waals surface area contributed by atoms with Gasteiger partial charge in [0.2, 0.25) is 11.8 Å². The van der Waals surface area contributed by atoms with E-state index in [0.717, 1.165) is 6.42 Å². The minimum absolute atomic E-state index is 0.190. The van der Waals surface area contributed by atoms with Crippen LogP contribution in [0.3, 0.4) is 0 Å². The smallest absolute Gasteiger partial charge is 0.230 e. The lowest BCUT2D eigenvalue weighted by atomic mass is 9.85. The van der Waals surface area contributed by atoms with E-state index in [1.807, 2.05) is 20.8 Å². The molecule has 22 heavy (non-hydrogen) atoms. The average molecular weight is 311 g/mol. The molecular weight excluding hydrogens is 290 g/mol. The van der Waals surface area contributed by atoms with Crippen LogP contribution in [-0.4, -0.2) is 59.2 Å². The number of nitrogens with zero attached hydrogens (tertiary/aromatic N) is 1. The second kappa shape index (κ2) is 4.50. The summed E-state index contributed by atoms with van der Waals surface area (Å²) in [4.78, 5) is 25.6. The maximum Gasteiger partial charge on any atom is 0.230 e. The minimum Gasteiger partial charge on any atom is -0.347 e. The van der Waals surface area contributed by atoms with Crippen molar-refractivity contribution in [3.05, 3.63) is 0 Å². The van der Waals surface area contributed by atoms with Gasteiger partial charge in [-0.05, 0) is 20.3 Å². The summed E-state index contributed by atoms with van der Waals surface area (Å²) >= 11 is 0. The number of carbonyl (C=O) groups excluding carboxylic acids is 2. The molecule has 0 aliphatic carbocycles. The number of amides is 2. The first-order chi connectivity index (χ1) is 10.4. The highest BCUT2D eigenvalue weighted by Crippen LogP contribution is 2.49. The van der Waals surface area contributed by atoms with Crippen LogP contribution in [-0.2, 0) is 28.5 Å². The molecule has 7 nitrogen and oxygen atoms in total. The third-order valence-corrected chi connectivity index (χ3v) is 5.09. The van der Waals surface area contributed by atoms with Gasteiger partial charge in [0, 0.05) is 12.8 Å². The van der Waals surface area contributed by atoms with Gasteiger partial charge in [-0.2, -0.15) is 0 Å². The fourth-order valence-corrected chi connectivity index (χ4v) is 4.02. The Morgan fingerprint density at radius 2 is 1.82 bits per heavy atom. The van der Waals surface area contributed by atoms with Crippen LogP contribution in [0.5, 0.6) is 0 Å². The molecule has 2 amide bonds. The third-order valence-electron chi connectivity index (χ3n) is 5.09. The average Bonchev–Trinajstić information content (AvgIpc) is 3.10. The molecule has 0 radical (unpaired) electrons. The summed E-state index contributed by atoms with van der Waals surface area (Å²) in [6, 6.07) is -0.573. The van der Waals surface area contributed by atoms with Crippen molar-refractivity contribution in [3.8, 4) is 0 Å². The number of hydrogen-bond donors (Lipinski definition) is 0. The molecular formula is C15H21NO6. The molecule has 1 unspecified atom stereocenters. The SMILES string of the molecule is CC[C@@]12COC(O1)[C@H](N1C(=O)CCC1=O)[C@H]1OC(C)(C)O[C@H]12. The Morgan fingerprint density at radius 1 is 1.14 bits per heavy atom. The fourth-order valence-electron chi connectivity index (χ4n) is 4.02. The van der Waals surface area contributed by atoms with Gasteiger partial charge in [0.15, 0.2) is 12.1 Å². The molecule has 7 heteroatoms. The van der Waals surface area contributed by atoms with Gasteiger partial charge < -0.3 is 18.9 Å². The third kappa shape index (κ3) is 1.83. The summed E-state index contributed by atoms with van der Waals surface area (Å²) in [5.74, 6) is -1.15. The van der Waals surface area contributed by atoms with Gasteiger partial charge in [-0.25, -0.2) is 0 Å². The Labute approximate surface area is 128 Å². The van der Waals surface area contributed by atoms with Crippen molar-refractivity contribution in [3.63, 3.8) is 0 Å². The first-order valence-electron chi connectivity index (χ1n) is 7.87. The number of rotatable bonds is 2. The highest BCUT2D eigenvalue weighted by Gasteiger charge is 2.67. The van der Waals surface area contributed by atoms with E-state index in [1.165, 1.54) is 4.90 Å². The Hall–Kier alpha value is -1.02. The second-order valence-electron chi connectivity index (χ2n) is 6.88. The molecule has 0 N–H and O–H groups in total. The molecule has 0 aromatic rings. The van der Waals surface area contributed by atoms with E-state index >= 15 is 0 Å². The Morgan fingerprint density at radius 3 is 2.45 bits per heavy atom. The van der Waals surface area contributed by atoms with Gasteiger partial charge in [0.1, 0.15) is 23.9 Å². The van der Waals surface area contributed by atoms with Crippen molar-refractivity contribution in [1.29, 1.82) is 0 Å². The lowest BCUT2D eigenvalue weighted by Crippen LogP contribution is -2.64. The summed E-state index contributed by atoms with van der Waals surface area (Å²) in [5.41, 5.74) is -0.564. The maximum atomic E-state index is 12.2. The summed E-state index contributed by atoms with van der Waals surface area (Å²) in [5, 5.41) is 0. The normalized spacial score (nSPS) is 46.4. The molecule has 4 saturated heterocycles. The predicted molar refractivity (Wildman–Crippen MR) is 72.5 cm³/mol. The van der Waals surface area contributed by atoms with Crippen molar-refractivity contribution in [2.75, 3.05) is 6.61 Å². The predicted octanol–water partition coefficient (Wildman–Crippen LogP) is 0.559. The van der Waals surface area contributed by atoms with Crippen molar-refractivity contribution >= 4 is 11.8 Å². The van der Waals surface area contributed by atoms with Crippen molar-refractivity contribution in [2.24, 2.45) is 0 Å². The monoisotopic (exact) mass is 311 g/mol. The van der Waals surface area contributed by atoms with Gasteiger partial charge in [-0.1, -0.05) is 6.92 Å². The van der Waals surface area contributed by atoms with Gasteiger partial charge in [0.05, 0.1) is 6.61 Å². The highest BCUT2D eigenvalue weighted by molar-refractivity contribution is 6.02. The van der Waals surface area contributed by atoms with Crippen molar-refractivity contribution in [2.45, 2.75) is 76.0 Å². The number of imide groups is 1. The minimum atomic E-state index is -0.768. The molecule has 0 spiro atoms. The van der Waals surface area contributed by atoms with E-state index in [2.05, 4.69) is 0 Å². The summed E-state index contributed by atoms with van der Waals surface area (Å²) in [7, 11) is 0. The molecule has 0 saturated carbocycles. The number of hydrogen-bond acceptors (Lipinski definition) is 6. The molecule has 4 aliphatic heterocycles. The van der Waals surface area contributed by atoms with E-state index in [4.69, 9.17) is 18.9 Å². The van der Waals surface area contributed by atoms with Crippen molar-refractivity contribution < 1.29 is 28.5 Å². The second-order valence-corrected chi connectivity index (χ2v) is 6.88. The van der Waals surface area contributed by atoms with Crippen LogP contribution < -0.4 is 0 Å². The van der Waals surface area contributed by atoms with Gasteiger partial charge in [-0.3, -0.25) is 14.5 Å². The molecule has 0 aromatic heterocycles. The fraction of sp³-hybridized carbons (Fsp3) is 0.867. The van der Waals surface area contributed by atoms with Crippen LogP contribution >= 0.6 is 0 Å². The summed E-state index contributed by atoms with van der Waals surface area (Å²) < 4.78 is 24.0. The van der Waals surface area contributed by atoms with Gasteiger partial charge in [-0.15, -0.1) is 0 Å². The van der Waals surface area contributed by atoms with Crippen molar-refractivity contribution in [1.82, 2.24) is 4.90 Å². The molecule has 122 valence electrons. The van der Waals surface area contributed by atoms with E-state index in [9.17, 15) is 9.59 Å². The zero-order valence-electron chi connectivity index (χ0n) is 13.0. The van der Waals surface area contributed by atoms with E-state index in [1.54, 1.807) is 0 Å². The van der Waals surface area contributed by atoms with E-state index < -0.39 is 29.8 Å². The van der Waals surface area contributed by atoms with E-state index in [-0.39, 0.29) is 30.8 Å². The number of carbonyl (C=O) groups is 2. The number of ether oxygens (including phenoxy) is 4. The van der Waals surface area contributed by atoms with Crippen LogP contribution in [0.4, 0.5) is 0 Å². The number of fused-ring (bicyclic) bond motifs is 4. The van der Waals surface area contributed by atoms with Crippen LogP contribution in [0.1, 0.15) is 40.0 Å². The number of likely N-dealkylation sites (tertiary alicyclic amines) is 1.